The second kappa shape index (κ2) is 6.87. The van der Waals surface area contributed by atoms with E-state index in [1.807, 2.05) is 18.2 Å². The highest BCUT2D eigenvalue weighted by molar-refractivity contribution is 7.18. The van der Waals surface area contributed by atoms with Gasteiger partial charge in [-0.1, -0.05) is 35.6 Å². The number of nitrogens with two attached hydrogens (primary N) is 1. The standard InChI is InChI=1S/C14H17N5S.ClH/c1-9-5-2-3-8-11(9)12-18-19-14(20-12)17-13(15)16-10-6-4-7-10;/h2-3,5,8,10H,4,6-7H2,1H3,(H3,15,16,17,19);1H. The van der Waals surface area contributed by atoms with Gasteiger partial charge < -0.3 is 11.1 Å². The van der Waals surface area contributed by atoms with Gasteiger partial charge in [-0.15, -0.1) is 22.6 Å². The average Bonchev–Trinajstić information content (AvgIpc) is 2.83. The maximum Gasteiger partial charge on any atom is 0.212 e. The molecule has 0 unspecified atom stereocenters. The smallest absolute Gasteiger partial charge is 0.212 e. The van der Waals surface area contributed by atoms with Crippen molar-refractivity contribution in [3.05, 3.63) is 29.8 Å². The molecule has 1 aromatic carbocycles. The van der Waals surface area contributed by atoms with E-state index in [0.717, 1.165) is 23.4 Å². The molecule has 0 amide bonds. The fourth-order valence-corrected chi connectivity index (χ4v) is 2.89. The molecule has 3 rings (SSSR count). The van der Waals surface area contributed by atoms with Gasteiger partial charge >= 0.3 is 0 Å². The normalized spacial score (nSPS) is 15.2. The Balaban J connectivity index is 0.00000161. The van der Waals surface area contributed by atoms with Gasteiger partial charge in [-0.05, 0) is 31.7 Å². The molecule has 0 bridgehead atoms. The Morgan fingerprint density at radius 1 is 1.33 bits per heavy atom. The largest absolute Gasteiger partial charge is 0.370 e. The van der Waals surface area contributed by atoms with Gasteiger partial charge in [0.05, 0.1) is 6.04 Å². The molecule has 1 fully saturated rings. The Morgan fingerprint density at radius 3 is 2.76 bits per heavy atom. The first-order valence-corrected chi connectivity index (χ1v) is 7.54. The Morgan fingerprint density at radius 2 is 2.10 bits per heavy atom. The molecule has 2 aromatic rings. The summed E-state index contributed by atoms with van der Waals surface area (Å²) in [6, 6.07) is 8.51. The first-order valence-electron chi connectivity index (χ1n) is 6.72. The number of aromatic nitrogens is 2. The van der Waals surface area contributed by atoms with Crippen LogP contribution in [-0.2, 0) is 0 Å². The molecule has 112 valence electrons. The fourth-order valence-electron chi connectivity index (χ4n) is 2.05. The van der Waals surface area contributed by atoms with E-state index >= 15 is 0 Å². The highest BCUT2D eigenvalue weighted by atomic mass is 35.5. The summed E-state index contributed by atoms with van der Waals surface area (Å²) in [6.45, 7) is 2.07. The highest BCUT2D eigenvalue weighted by Crippen LogP contribution is 2.28. The van der Waals surface area contributed by atoms with E-state index < -0.39 is 0 Å². The molecule has 21 heavy (non-hydrogen) atoms. The third-order valence-corrected chi connectivity index (χ3v) is 4.30. The number of nitrogens with zero attached hydrogens (tertiary/aromatic N) is 3. The zero-order valence-electron chi connectivity index (χ0n) is 11.7. The van der Waals surface area contributed by atoms with Gasteiger partial charge in [0.15, 0.2) is 5.96 Å². The molecule has 1 aliphatic carbocycles. The predicted molar refractivity (Wildman–Crippen MR) is 90.2 cm³/mol. The molecule has 1 aromatic heterocycles. The maximum absolute atomic E-state index is 5.87. The number of halogens is 1. The molecule has 3 N–H and O–H groups in total. The van der Waals surface area contributed by atoms with Crippen LogP contribution in [0.4, 0.5) is 5.13 Å². The molecular formula is C14H18ClN5S. The lowest BCUT2D eigenvalue weighted by molar-refractivity contribution is 0.420. The van der Waals surface area contributed by atoms with Gasteiger partial charge in [-0.2, -0.15) is 0 Å². The summed E-state index contributed by atoms with van der Waals surface area (Å²) in [6.07, 6.45) is 3.51. The lowest BCUT2D eigenvalue weighted by Crippen LogP contribution is -2.27. The Hall–Kier alpha value is -1.66. The van der Waals surface area contributed by atoms with Gasteiger partial charge in [0.25, 0.3) is 0 Å². The Labute approximate surface area is 134 Å². The van der Waals surface area contributed by atoms with Crippen LogP contribution < -0.4 is 11.1 Å². The van der Waals surface area contributed by atoms with Crippen molar-refractivity contribution < 1.29 is 0 Å². The summed E-state index contributed by atoms with van der Waals surface area (Å²) in [4.78, 5) is 4.40. The number of aryl methyl sites for hydroxylation is 1. The molecule has 7 heteroatoms. The third kappa shape index (κ3) is 3.71. The van der Waals surface area contributed by atoms with Crippen LogP contribution in [0, 0.1) is 6.92 Å². The summed E-state index contributed by atoms with van der Waals surface area (Å²) in [5.41, 5.74) is 8.16. The van der Waals surface area contributed by atoms with E-state index in [1.54, 1.807) is 0 Å². The van der Waals surface area contributed by atoms with Crippen LogP contribution in [0.25, 0.3) is 10.6 Å². The van der Waals surface area contributed by atoms with Crippen LogP contribution in [0.3, 0.4) is 0 Å². The van der Waals surface area contributed by atoms with Crippen molar-refractivity contribution in [1.29, 1.82) is 0 Å². The van der Waals surface area contributed by atoms with E-state index in [0.29, 0.717) is 17.1 Å². The van der Waals surface area contributed by atoms with E-state index in [9.17, 15) is 0 Å². The summed E-state index contributed by atoms with van der Waals surface area (Å²) in [5, 5.41) is 12.9. The Bertz CT molecular complexity index is 636. The maximum atomic E-state index is 5.87. The minimum absolute atomic E-state index is 0. The van der Waals surface area contributed by atoms with Crippen LogP contribution in [0.15, 0.2) is 29.3 Å². The van der Waals surface area contributed by atoms with Crippen LogP contribution in [0.1, 0.15) is 24.8 Å². The van der Waals surface area contributed by atoms with Crippen molar-refractivity contribution >= 4 is 34.8 Å². The van der Waals surface area contributed by atoms with Crippen LogP contribution in [0.5, 0.6) is 0 Å². The number of rotatable bonds is 3. The van der Waals surface area contributed by atoms with Crippen LogP contribution >= 0.6 is 23.7 Å². The number of benzene rings is 1. The number of guanidine groups is 1. The van der Waals surface area contributed by atoms with Crippen molar-refractivity contribution in [2.75, 3.05) is 5.32 Å². The molecule has 0 radical (unpaired) electrons. The van der Waals surface area contributed by atoms with Gasteiger partial charge in [0.1, 0.15) is 5.01 Å². The van der Waals surface area contributed by atoms with Gasteiger partial charge in [-0.25, -0.2) is 4.99 Å². The van der Waals surface area contributed by atoms with E-state index in [-0.39, 0.29) is 12.4 Å². The number of aliphatic imine (C=N–C) groups is 1. The first kappa shape index (κ1) is 15.7. The minimum Gasteiger partial charge on any atom is -0.370 e. The lowest BCUT2D eigenvalue weighted by atomic mass is 9.94. The molecule has 0 aliphatic heterocycles. The van der Waals surface area contributed by atoms with Crippen LogP contribution in [0.2, 0.25) is 0 Å². The van der Waals surface area contributed by atoms with Crippen molar-refractivity contribution in [3.8, 4) is 10.6 Å². The molecule has 5 nitrogen and oxygen atoms in total. The van der Waals surface area contributed by atoms with Crippen molar-refractivity contribution in [1.82, 2.24) is 10.2 Å². The second-order valence-corrected chi connectivity index (χ2v) is 5.93. The molecular weight excluding hydrogens is 306 g/mol. The zero-order valence-corrected chi connectivity index (χ0v) is 13.4. The van der Waals surface area contributed by atoms with Gasteiger partial charge in [0, 0.05) is 5.56 Å². The molecule has 1 saturated carbocycles. The van der Waals surface area contributed by atoms with Crippen LogP contribution in [-0.4, -0.2) is 22.2 Å². The van der Waals surface area contributed by atoms with Crippen molar-refractivity contribution in [2.45, 2.75) is 32.2 Å². The third-order valence-electron chi connectivity index (χ3n) is 3.43. The average molecular weight is 324 g/mol. The lowest BCUT2D eigenvalue weighted by Gasteiger charge is -2.21. The monoisotopic (exact) mass is 323 g/mol. The quantitative estimate of drug-likeness (QED) is 0.671. The molecule has 0 atom stereocenters. The summed E-state index contributed by atoms with van der Waals surface area (Å²) >= 11 is 1.49. The summed E-state index contributed by atoms with van der Waals surface area (Å²) < 4.78 is 0. The zero-order chi connectivity index (χ0) is 13.9. The van der Waals surface area contributed by atoms with E-state index in [4.69, 9.17) is 5.73 Å². The SMILES string of the molecule is Cc1ccccc1-c1nnc(NC(N)=NC2CCC2)s1.Cl. The van der Waals surface area contributed by atoms with Gasteiger partial charge in [-0.3, -0.25) is 0 Å². The van der Waals surface area contributed by atoms with E-state index in [1.165, 1.54) is 23.3 Å². The molecule has 0 spiro atoms. The number of anilines is 1. The summed E-state index contributed by atoms with van der Waals surface area (Å²) in [5.74, 6) is 0.433. The highest BCUT2D eigenvalue weighted by Gasteiger charge is 2.17. The fraction of sp³-hybridized carbons (Fsp3) is 0.357. The molecule has 1 aliphatic rings. The molecule has 1 heterocycles. The van der Waals surface area contributed by atoms with Crippen molar-refractivity contribution in [2.24, 2.45) is 10.7 Å². The number of hydrogen-bond donors (Lipinski definition) is 2. The predicted octanol–water partition coefficient (Wildman–Crippen LogP) is 3.21. The Kier molecular flexibility index (Phi) is 5.14. The number of nitrogens with one attached hydrogen (secondary N) is 1. The second-order valence-electron chi connectivity index (χ2n) is 4.95. The molecule has 0 saturated heterocycles. The van der Waals surface area contributed by atoms with Gasteiger partial charge in [0.2, 0.25) is 5.13 Å². The van der Waals surface area contributed by atoms with E-state index in [2.05, 4.69) is 33.5 Å². The number of hydrogen-bond acceptors (Lipinski definition) is 4. The summed E-state index contributed by atoms with van der Waals surface area (Å²) in [7, 11) is 0. The topological polar surface area (TPSA) is 76.2 Å². The first-order chi connectivity index (χ1) is 9.72. The van der Waals surface area contributed by atoms with Crippen molar-refractivity contribution in [3.63, 3.8) is 0 Å². The minimum atomic E-state index is 0.